The molecule has 2 atom stereocenters. The maximum absolute atomic E-state index is 4.74. The van der Waals surface area contributed by atoms with Gasteiger partial charge < -0.3 is 9.80 Å². The van der Waals surface area contributed by atoms with Crippen LogP contribution in [-0.4, -0.2) is 46.4 Å². The minimum absolute atomic E-state index is 0.0424. The van der Waals surface area contributed by atoms with Crippen LogP contribution in [0, 0.1) is 19.8 Å². The van der Waals surface area contributed by atoms with Gasteiger partial charge in [-0.05, 0) is 60.4 Å². The summed E-state index contributed by atoms with van der Waals surface area (Å²) in [5, 5.41) is 13.5. The van der Waals surface area contributed by atoms with Gasteiger partial charge in [0.1, 0.15) is 0 Å². The first-order valence-electron chi connectivity index (χ1n) is 12.1. The number of nitrogens with zero attached hydrogens (tertiary/aromatic N) is 5. The van der Waals surface area contributed by atoms with E-state index in [-0.39, 0.29) is 5.54 Å². The molecular formula is C26H35N6+. The van der Waals surface area contributed by atoms with E-state index in [2.05, 4.69) is 89.3 Å². The normalized spacial score (nSPS) is 24.6. The lowest BCUT2D eigenvalue weighted by atomic mass is 9.71. The lowest BCUT2D eigenvalue weighted by molar-refractivity contribution is -0.969. The highest BCUT2D eigenvalue weighted by molar-refractivity contribution is 5.47. The number of quaternary nitrogens is 1. The Labute approximate surface area is 191 Å². The standard InChI is InChI=1S/C26H34N6/c1-20-10-9-11-21(2)24(20)32-25(27-28-29-32)26(15-8-7-12-22(26)3)31-18-16-30(17-19-31)23-13-5-4-6-14-23/h4-6,9-11,13-14,22H,7-8,12,15-19H2,1-3H3/p+1/t22-,26-/m0/s1. The molecule has 0 bridgehead atoms. The first-order chi connectivity index (χ1) is 15.6. The highest BCUT2D eigenvalue weighted by Crippen LogP contribution is 2.39. The molecule has 2 fully saturated rings. The van der Waals surface area contributed by atoms with Crippen LogP contribution in [0.15, 0.2) is 48.5 Å². The van der Waals surface area contributed by atoms with E-state index in [0.29, 0.717) is 5.92 Å². The predicted octanol–water partition coefficient (Wildman–Crippen LogP) is 3.09. The molecule has 1 aromatic heterocycles. The zero-order chi connectivity index (χ0) is 22.1. The Morgan fingerprint density at radius 3 is 2.34 bits per heavy atom. The van der Waals surface area contributed by atoms with Crippen LogP contribution in [-0.2, 0) is 5.54 Å². The first kappa shape index (κ1) is 21.1. The maximum Gasteiger partial charge on any atom is 0.217 e. The summed E-state index contributed by atoms with van der Waals surface area (Å²) in [6.45, 7) is 11.1. The Kier molecular flexibility index (Phi) is 5.72. The molecule has 1 aliphatic heterocycles. The van der Waals surface area contributed by atoms with E-state index in [1.54, 1.807) is 4.90 Å². The van der Waals surface area contributed by atoms with Crippen LogP contribution in [0.4, 0.5) is 5.69 Å². The van der Waals surface area contributed by atoms with Crippen molar-refractivity contribution >= 4 is 5.69 Å². The van der Waals surface area contributed by atoms with Crippen molar-refractivity contribution in [1.82, 2.24) is 20.2 Å². The van der Waals surface area contributed by atoms with Crippen LogP contribution >= 0.6 is 0 Å². The smallest absolute Gasteiger partial charge is 0.217 e. The summed E-state index contributed by atoms with van der Waals surface area (Å²) in [6, 6.07) is 17.3. The van der Waals surface area contributed by atoms with Crippen LogP contribution < -0.4 is 9.80 Å². The number of piperazine rings is 1. The van der Waals surface area contributed by atoms with E-state index in [1.807, 2.05) is 0 Å². The second-order valence-corrected chi connectivity index (χ2v) is 9.70. The van der Waals surface area contributed by atoms with Crippen molar-refractivity contribution in [3.8, 4) is 5.69 Å². The predicted molar refractivity (Wildman–Crippen MR) is 127 cm³/mol. The lowest BCUT2D eigenvalue weighted by Crippen LogP contribution is -3.22. The molecule has 3 aromatic rings. The van der Waals surface area contributed by atoms with Crippen LogP contribution in [0.5, 0.6) is 0 Å². The van der Waals surface area contributed by atoms with Crippen molar-refractivity contribution in [3.05, 3.63) is 65.5 Å². The third-order valence-corrected chi connectivity index (χ3v) is 7.94. The average molecular weight is 432 g/mol. The Hall–Kier alpha value is -2.73. The van der Waals surface area contributed by atoms with Crippen LogP contribution in [0.1, 0.15) is 49.6 Å². The van der Waals surface area contributed by atoms with E-state index in [0.717, 1.165) is 44.1 Å². The number of benzene rings is 2. The zero-order valence-electron chi connectivity index (χ0n) is 19.6. The van der Waals surface area contributed by atoms with Gasteiger partial charge in [-0.25, -0.2) is 0 Å². The Morgan fingerprint density at radius 2 is 1.66 bits per heavy atom. The summed E-state index contributed by atoms with van der Waals surface area (Å²) in [6.07, 6.45) is 4.94. The van der Waals surface area contributed by atoms with Crippen molar-refractivity contribution in [1.29, 1.82) is 0 Å². The molecule has 32 heavy (non-hydrogen) atoms. The Bertz CT molecular complexity index is 1030. The minimum Gasteiger partial charge on any atom is -0.360 e. The number of rotatable bonds is 4. The van der Waals surface area contributed by atoms with Crippen molar-refractivity contribution in [3.63, 3.8) is 0 Å². The summed E-state index contributed by atoms with van der Waals surface area (Å²) < 4.78 is 2.07. The van der Waals surface area contributed by atoms with Crippen LogP contribution in [0.25, 0.3) is 5.69 Å². The van der Waals surface area contributed by atoms with Crippen LogP contribution in [0.2, 0.25) is 0 Å². The fourth-order valence-electron chi connectivity index (χ4n) is 6.24. The molecule has 1 N–H and O–H groups in total. The third-order valence-electron chi connectivity index (χ3n) is 7.94. The van der Waals surface area contributed by atoms with E-state index in [9.17, 15) is 0 Å². The van der Waals surface area contributed by atoms with Gasteiger partial charge in [0.25, 0.3) is 0 Å². The molecule has 2 aromatic carbocycles. The van der Waals surface area contributed by atoms with E-state index >= 15 is 0 Å². The number of anilines is 1. The van der Waals surface area contributed by atoms with Gasteiger partial charge in [0.05, 0.1) is 31.9 Å². The molecule has 0 radical (unpaired) electrons. The SMILES string of the molecule is Cc1cccc(C)c1-n1nnnc1[C@]1([NH+]2CCN(c3ccccc3)CC2)CCCC[C@@H]1C. The minimum atomic E-state index is -0.0424. The number of aryl methyl sites for hydroxylation is 2. The maximum atomic E-state index is 4.74. The first-order valence-corrected chi connectivity index (χ1v) is 12.1. The molecular weight excluding hydrogens is 396 g/mol. The highest BCUT2D eigenvalue weighted by atomic mass is 15.6. The lowest BCUT2D eigenvalue weighted by Gasteiger charge is -2.49. The van der Waals surface area contributed by atoms with E-state index < -0.39 is 0 Å². The second-order valence-electron chi connectivity index (χ2n) is 9.70. The number of para-hydroxylation sites is 2. The molecule has 2 aliphatic rings. The molecule has 6 heteroatoms. The van der Waals surface area contributed by atoms with Crippen molar-refractivity contribution in [2.75, 3.05) is 31.1 Å². The van der Waals surface area contributed by atoms with Gasteiger partial charge in [-0.2, -0.15) is 4.68 Å². The summed E-state index contributed by atoms with van der Waals surface area (Å²) >= 11 is 0. The molecule has 6 nitrogen and oxygen atoms in total. The summed E-state index contributed by atoms with van der Waals surface area (Å²) in [4.78, 5) is 4.18. The summed E-state index contributed by atoms with van der Waals surface area (Å²) in [5.41, 5.74) is 4.88. The van der Waals surface area contributed by atoms with Gasteiger partial charge >= 0.3 is 0 Å². The van der Waals surface area contributed by atoms with Gasteiger partial charge in [0.2, 0.25) is 5.82 Å². The largest absolute Gasteiger partial charge is 0.360 e. The zero-order valence-corrected chi connectivity index (χ0v) is 19.6. The average Bonchev–Trinajstić information content (AvgIpc) is 3.30. The quantitative estimate of drug-likeness (QED) is 0.690. The van der Waals surface area contributed by atoms with Gasteiger partial charge in [0, 0.05) is 18.0 Å². The van der Waals surface area contributed by atoms with E-state index in [4.69, 9.17) is 5.10 Å². The molecule has 168 valence electrons. The Balaban J connectivity index is 1.52. The molecule has 0 unspecified atom stereocenters. The number of hydrogen-bond acceptors (Lipinski definition) is 4. The fraction of sp³-hybridized carbons (Fsp3) is 0.500. The molecule has 5 rings (SSSR count). The molecule has 0 amide bonds. The van der Waals surface area contributed by atoms with E-state index in [1.165, 1.54) is 36.1 Å². The Morgan fingerprint density at radius 1 is 0.938 bits per heavy atom. The summed E-state index contributed by atoms with van der Waals surface area (Å²) in [7, 11) is 0. The topological polar surface area (TPSA) is 51.3 Å². The van der Waals surface area contributed by atoms with Gasteiger partial charge in [-0.15, -0.1) is 5.10 Å². The number of aromatic nitrogens is 4. The van der Waals surface area contributed by atoms with Gasteiger partial charge in [0.15, 0.2) is 5.54 Å². The van der Waals surface area contributed by atoms with Gasteiger partial charge in [-0.1, -0.05) is 49.7 Å². The van der Waals surface area contributed by atoms with Crippen molar-refractivity contribution in [2.45, 2.75) is 52.0 Å². The second kappa shape index (κ2) is 8.66. The molecule has 1 saturated carbocycles. The van der Waals surface area contributed by atoms with Crippen molar-refractivity contribution < 1.29 is 4.90 Å². The fourth-order valence-corrected chi connectivity index (χ4v) is 6.24. The number of hydrogen-bond donors (Lipinski definition) is 1. The molecule has 2 heterocycles. The third kappa shape index (κ3) is 3.51. The highest BCUT2D eigenvalue weighted by Gasteiger charge is 2.53. The van der Waals surface area contributed by atoms with Gasteiger partial charge in [-0.3, -0.25) is 0 Å². The molecule has 1 aliphatic carbocycles. The monoisotopic (exact) mass is 431 g/mol. The molecule has 1 saturated heterocycles. The van der Waals surface area contributed by atoms with Crippen LogP contribution in [0.3, 0.4) is 0 Å². The number of nitrogens with one attached hydrogen (secondary N) is 1. The summed E-state index contributed by atoms with van der Waals surface area (Å²) in [5.74, 6) is 1.61. The number of tetrazole rings is 1. The molecule has 0 spiro atoms. The van der Waals surface area contributed by atoms with Crippen molar-refractivity contribution in [2.24, 2.45) is 5.92 Å².